The van der Waals surface area contributed by atoms with Crippen molar-refractivity contribution in [1.29, 1.82) is 0 Å². The molecule has 0 heterocycles. The van der Waals surface area contributed by atoms with E-state index >= 15 is 0 Å². The van der Waals surface area contributed by atoms with Gasteiger partial charge in [0.1, 0.15) is 0 Å². The summed E-state index contributed by atoms with van der Waals surface area (Å²) >= 11 is 0. The average Bonchev–Trinajstić information content (AvgIpc) is 2.29. The van der Waals surface area contributed by atoms with Gasteiger partial charge < -0.3 is 0 Å². The lowest BCUT2D eigenvalue weighted by atomic mass is 10.0. The van der Waals surface area contributed by atoms with Gasteiger partial charge in [0.25, 0.3) is 0 Å². The minimum atomic E-state index is 0.703. The van der Waals surface area contributed by atoms with Gasteiger partial charge in [-0.25, -0.2) is 4.85 Å². The molecule has 1 nitrogen and oxygen atoms in total. The first kappa shape index (κ1) is 9.48. The molecule has 0 radical (unpaired) electrons. The lowest BCUT2D eigenvalue weighted by Crippen LogP contribution is -1.78. The van der Waals surface area contributed by atoms with E-state index in [0.717, 1.165) is 16.7 Å². The monoisotopic (exact) mass is 193 g/mol. The summed E-state index contributed by atoms with van der Waals surface area (Å²) in [5.41, 5.74) is 4.10. The number of aryl methyl sites for hydroxylation is 1. The molecule has 0 spiro atoms. The molecule has 2 aromatic carbocycles. The summed E-state index contributed by atoms with van der Waals surface area (Å²) in [5, 5.41) is 0. The van der Waals surface area contributed by atoms with E-state index in [0.29, 0.717) is 5.69 Å². The molecule has 0 aliphatic heterocycles. The molecule has 2 rings (SSSR count). The number of hydrogen-bond acceptors (Lipinski definition) is 0. The lowest BCUT2D eigenvalue weighted by molar-refractivity contribution is 1.47. The first-order valence-corrected chi connectivity index (χ1v) is 4.84. The van der Waals surface area contributed by atoms with E-state index in [9.17, 15) is 0 Å². The molecule has 0 aromatic heterocycles. The second-order valence-electron chi connectivity index (χ2n) is 3.54. The Morgan fingerprint density at radius 3 is 2.33 bits per heavy atom. The van der Waals surface area contributed by atoms with Crippen molar-refractivity contribution < 1.29 is 0 Å². The van der Waals surface area contributed by atoms with Gasteiger partial charge in [-0.15, -0.1) is 0 Å². The van der Waals surface area contributed by atoms with Gasteiger partial charge in [-0.1, -0.05) is 48.0 Å². The third kappa shape index (κ3) is 2.05. The SMILES string of the molecule is [C-]#[N+]c1cc(C)cc(-c2ccccc2)c1. The van der Waals surface area contributed by atoms with Gasteiger partial charge in [-0.05, 0) is 24.1 Å². The number of hydrogen-bond donors (Lipinski definition) is 0. The van der Waals surface area contributed by atoms with Crippen LogP contribution in [0, 0.1) is 13.5 Å². The third-order valence-electron chi connectivity index (χ3n) is 2.30. The fourth-order valence-corrected chi connectivity index (χ4v) is 1.62. The molecule has 0 atom stereocenters. The van der Waals surface area contributed by atoms with Gasteiger partial charge in [0.15, 0.2) is 5.69 Å². The van der Waals surface area contributed by atoms with Crippen LogP contribution in [0.5, 0.6) is 0 Å². The van der Waals surface area contributed by atoms with Crippen molar-refractivity contribution in [2.75, 3.05) is 0 Å². The highest BCUT2D eigenvalue weighted by Gasteiger charge is 1.99. The van der Waals surface area contributed by atoms with Crippen molar-refractivity contribution in [3.63, 3.8) is 0 Å². The zero-order valence-electron chi connectivity index (χ0n) is 8.57. The summed E-state index contributed by atoms with van der Waals surface area (Å²) in [6.07, 6.45) is 0. The van der Waals surface area contributed by atoms with Crippen molar-refractivity contribution in [2.45, 2.75) is 6.92 Å². The Morgan fingerprint density at radius 2 is 1.67 bits per heavy atom. The van der Waals surface area contributed by atoms with Gasteiger partial charge in [0.05, 0.1) is 6.57 Å². The Kier molecular flexibility index (Phi) is 2.51. The fourth-order valence-electron chi connectivity index (χ4n) is 1.62. The summed E-state index contributed by atoms with van der Waals surface area (Å²) < 4.78 is 0. The standard InChI is InChI=1S/C14H11N/c1-11-8-13(10-14(9-11)15-2)12-6-4-3-5-7-12/h3-10H,1H3. The van der Waals surface area contributed by atoms with Crippen LogP contribution in [-0.4, -0.2) is 0 Å². The molecule has 0 N–H and O–H groups in total. The van der Waals surface area contributed by atoms with Crippen LogP contribution in [0.15, 0.2) is 48.5 Å². The van der Waals surface area contributed by atoms with E-state index in [-0.39, 0.29) is 0 Å². The molecule has 72 valence electrons. The maximum atomic E-state index is 7.02. The van der Waals surface area contributed by atoms with E-state index in [1.807, 2.05) is 37.3 Å². The van der Waals surface area contributed by atoms with Gasteiger partial charge >= 0.3 is 0 Å². The van der Waals surface area contributed by atoms with Crippen molar-refractivity contribution in [1.82, 2.24) is 0 Å². The van der Waals surface area contributed by atoms with E-state index in [1.54, 1.807) is 0 Å². The largest absolute Gasteiger partial charge is 0.238 e. The molecular formula is C14H11N. The average molecular weight is 193 g/mol. The molecule has 0 amide bonds. The lowest BCUT2D eigenvalue weighted by Gasteiger charge is -2.03. The second kappa shape index (κ2) is 3.98. The summed E-state index contributed by atoms with van der Waals surface area (Å²) in [6.45, 7) is 9.04. The molecule has 0 aliphatic carbocycles. The molecule has 15 heavy (non-hydrogen) atoms. The van der Waals surface area contributed by atoms with Crippen molar-refractivity contribution in [3.05, 3.63) is 65.5 Å². The summed E-state index contributed by atoms with van der Waals surface area (Å²) in [5.74, 6) is 0. The Labute approximate surface area is 89.8 Å². The molecule has 0 saturated heterocycles. The normalized spacial score (nSPS) is 9.60. The van der Waals surface area contributed by atoms with Crippen molar-refractivity contribution in [2.24, 2.45) is 0 Å². The summed E-state index contributed by atoms with van der Waals surface area (Å²) in [6, 6.07) is 16.1. The predicted molar refractivity (Wildman–Crippen MR) is 62.9 cm³/mol. The first-order valence-electron chi connectivity index (χ1n) is 4.84. The molecule has 0 fully saturated rings. The van der Waals surface area contributed by atoms with Crippen LogP contribution in [0.4, 0.5) is 5.69 Å². The summed E-state index contributed by atoms with van der Waals surface area (Å²) in [7, 11) is 0. The minimum absolute atomic E-state index is 0.703. The number of nitrogens with zero attached hydrogens (tertiary/aromatic N) is 1. The van der Waals surface area contributed by atoms with Gasteiger partial charge in [0, 0.05) is 0 Å². The third-order valence-corrected chi connectivity index (χ3v) is 2.30. The molecule has 1 heteroatoms. The van der Waals surface area contributed by atoms with Gasteiger partial charge in [-0.3, -0.25) is 0 Å². The molecule has 0 saturated carbocycles. The molecule has 0 unspecified atom stereocenters. The Hall–Kier alpha value is -2.07. The first-order chi connectivity index (χ1) is 7.29. The Balaban J connectivity index is 2.55. The highest BCUT2D eigenvalue weighted by molar-refractivity contribution is 5.69. The van der Waals surface area contributed by atoms with Crippen molar-refractivity contribution in [3.8, 4) is 11.1 Å². The highest BCUT2D eigenvalue weighted by atomic mass is 14.6. The van der Waals surface area contributed by atoms with Crippen LogP contribution in [0.25, 0.3) is 16.0 Å². The summed E-state index contributed by atoms with van der Waals surface area (Å²) in [4.78, 5) is 3.47. The van der Waals surface area contributed by atoms with Gasteiger partial charge in [-0.2, -0.15) is 0 Å². The van der Waals surface area contributed by atoms with Crippen LogP contribution in [0.3, 0.4) is 0 Å². The van der Waals surface area contributed by atoms with E-state index < -0.39 is 0 Å². The van der Waals surface area contributed by atoms with E-state index in [1.165, 1.54) is 0 Å². The predicted octanol–water partition coefficient (Wildman–Crippen LogP) is 4.21. The Morgan fingerprint density at radius 1 is 0.933 bits per heavy atom. The van der Waals surface area contributed by atoms with Crippen LogP contribution in [-0.2, 0) is 0 Å². The highest BCUT2D eigenvalue weighted by Crippen LogP contribution is 2.25. The van der Waals surface area contributed by atoms with E-state index in [2.05, 4.69) is 23.0 Å². The quantitative estimate of drug-likeness (QED) is 0.597. The van der Waals surface area contributed by atoms with Crippen LogP contribution >= 0.6 is 0 Å². The minimum Gasteiger partial charge on any atom is -0.238 e. The molecular weight excluding hydrogens is 182 g/mol. The number of rotatable bonds is 1. The molecule has 0 aliphatic rings. The van der Waals surface area contributed by atoms with Crippen LogP contribution < -0.4 is 0 Å². The van der Waals surface area contributed by atoms with Gasteiger partial charge in [0.2, 0.25) is 0 Å². The fraction of sp³-hybridized carbons (Fsp3) is 0.0714. The molecule has 2 aromatic rings. The maximum Gasteiger partial charge on any atom is 0.188 e. The Bertz CT molecular complexity index is 507. The van der Waals surface area contributed by atoms with E-state index in [4.69, 9.17) is 6.57 Å². The van der Waals surface area contributed by atoms with Crippen molar-refractivity contribution >= 4 is 5.69 Å². The topological polar surface area (TPSA) is 4.36 Å². The zero-order chi connectivity index (χ0) is 10.7. The second-order valence-corrected chi connectivity index (χ2v) is 3.54. The zero-order valence-corrected chi connectivity index (χ0v) is 8.57. The van der Waals surface area contributed by atoms with Crippen LogP contribution in [0.1, 0.15) is 5.56 Å². The molecule has 0 bridgehead atoms. The smallest absolute Gasteiger partial charge is 0.188 e. The number of benzene rings is 2. The van der Waals surface area contributed by atoms with Crippen LogP contribution in [0.2, 0.25) is 0 Å². The maximum absolute atomic E-state index is 7.02.